The molecule has 0 atom stereocenters. The summed E-state index contributed by atoms with van der Waals surface area (Å²) in [5.74, 6) is -0.385. The summed E-state index contributed by atoms with van der Waals surface area (Å²) in [6.07, 6.45) is 1.31. The maximum atomic E-state index is 13.1. The highest BCUT2D eigenvalue weighted by Gasteiger charge is 2.26. The number of benzene rings is 1. The van der Waals surface area contributed by atoms with Gasteiger partial charge in [0.25, 0.3) is 0 Å². The molecule has 1 aliphatic carbocycles. The van der Waals surface area contributed by atoms with Crippen molar-refractivity contribution >= 4 is 0 Å². The van der Waals surface area contributed by atoms with Crippen molar-refractivity contribution in [3.05, 3.63) is 35.1 Å². The second-order valence-electron chi connectivity index (χ2n) is 4.16. The number of aliphatic hydroxyl groups excluding tert-OH is 1. The molecule has 1 aromatic rings. The fraction of sp³-hybridized carbons (Fsp3) is 0.417. The van der Waals surface area contributed by atoms with Crippen LogP contribution in [0.1, 0.15) is 24.0 Å². The van der Waals surface area contributed by atoms with Gasteiger partial charge in [0.05, 0.1) is 17.7 Å². The minimum absolute atomic E-state index is 0.195. The molecule has 16 heavy (non-hydrogen) atoms. The number of aliphatic hydroxyl groups is 1. The zero-order chi connectivity index (χ0) is 11.5. The first-order chi connectivity index (χ1) is 7.67. The SMILES string of the molecule is N#Cc1cc(F)cc(CNC2CC(O)C2)c1. The molecule has 3 nitrogen and oxygen atoms in total. The second kappa shape index (κ2) is 4.60. The number of rotatable bonds is 3. The number of nitriles is 1. The van der Waals surface area contributed by atoms with Gasteiger partial charge in [0.15, 0.2) is 0 Å². The Morgan fingerprint density at radius 3 is 2.81 bits per heavy atom. The quantitative estimate of drug-likeness (QED) is 0.807. The minimum atomic E-state index is -0.385. The molecule has 0 aliphatic heterocycles. The van der Waals surface area contributed by atoms with Gasteiger partial charge in [0, 0.05) is 12.6 Å². The Hall–Kier alpha value is -1.44. The van der Waals surface area contributed by atoms with Crippen molar-refractivity contribution in [1.29, 1.82) is 5.26 Å². The summed E-state index contributed by atoms with van der Waals surface area (Å²) < 4.78 is 13.1. The van der Waals surface area contributed by atoms with Gasteiger partial charge in [-0.15, -0.1) is 0 Å². The predicted molar refractivity (Wildman–Crippen MR) is 57.0 cm³/mol. The van der Waals surface area contributed by atoms with E-state index in [1.807, 2.05) is 6.07 Å². The molecule has 0 spiro atoms. The van der Waals surface area contributed by atoms with Crippen molar-refractivity contribution in [3.63, 3.8) is 0 Å². The molecule has 1 saturated carbocycles. The standard InChI is InChI=1S/C12H13FN2O/c13-10-2-8(6-14)1-9(3-10)7-15-11-4-12(16)5-11/h1-3,11-12,15-16H,4-5,7H2. The van der Waals surface area contributed by atoms with Crippen LogP contribution in [0.4, 0.5) is 4.39 Å². The molecule has 0 bridgehead atoms. The molecular weight excluding hydrogens is 207 g/mol. The van der Waals surface area contributed by atoms with E-state index in [1.165, 1.54) is 12.1 Å². The van der Waals surface area contributed by atoms with Crippen molar-refractivity contribution in [2.75, 3.05) is 0 Å². The van der Waals surface area contributed by atoms with E-state index in [4.69, 9.17) is 10.4 Å². The van der Waals surface area contributed by atoms with Gasteiger partial charge >= 0.3 is 0 Å². The van der Waals surface area contributed by atoms with Crippen LogP contribution >= 0.6 is 0 Å². The van der Waals surface area contributed by atoms with Crippen molar-refractivity contribution in [1.82, 2.24) is 5.32 Å². The molecule has 0 radical (unpaired) electrons. The second-order valence-corrected chi connectivity index (χ2v) is 4.16. The van der Waals surface area contributed by atoms with E-state index in [2.05, 4.69) is 5.32 Å². The molecule has 2 N–H and O–H groups in total. The summed E-state index contributed by atoms with van der Waals surface area (Å²) in [5, 5.41) is 21.0. The molecule has 0 heterocycles. The van der Waals surface area contributed by atoms with Gasteiger partial charge in [-0.1, -0.05) is 0 Å². The Balaban J connectivity index is 1.94. The zero-order valence-electron chi connectivity index (χ0n) is 8.78. The number of nitrogens with one attached hydrogen (secondary N) is 1. The molecule has 1 aromatic carbocycles. The summed E-state index contributed by atoms with van der Waals surface area (Å²) in [7, 11) is 0. The summed E-state index contributed by atoms with van der Waals surface area (Å²) in [5.41, 5.74) is 1.10. The molecule has 1 fully saturated rings. The van der Waals surface area contributed by atoms with E-state index >= 15 is 0 Å². The van der Waals surface area contributed by atoms with Gasteiger partial charge in [0.1, 0.15) is 5.82 Å². The Morgan fingerprint density at radius 1 is 1.44 bits per heavy atom. The van der Waals surface area contributed by atoms with Crippen molar-refractivity contribution < 1.29 is 9.50 Å². The maximum Gasteiger partial charge on any atom is 0.124 e. The van der Waals surface area contributed by atoms with Gasteiger partial charge in [-0.2, -0.15) is 5.26 Å². The van der Waals surface area contributed by atoms with E-state index < -0.39 is 0 Å². The smallest absolute Gasteiger partial charge is 0.124 e. The van der Waals surface area contributed by atoms with Crippen molar-refractivity contribution in [2.24, 2.45) is 0 Å². The Labute approximate surface area is 93.5 Å². The topological polar surface area (TPSA) is 56.0 Å². The van der Waals surface area contributed by atoms with Crippen LogP contribution in [-0.2, 0) is 6.54 Å². The van der Waals surface area contributed by atoms with E-state index in [0.29, 0.717) is 18.2 Å². The van der Waals surface area contributed by atoms with Crippen LogP contribution in [0.25, 0.3) is 0 Å². The van der Waals surface area contributed by atoms with Crippen LogP contribution in [0.5, 0.6) is 0 Å². The molecule has 84 valence electrons. The monoisotopic (exact) mass is 220 g/mol. The highest BCUT2D eigenvalue weighted by Crippen LogP contribution is 2.20. The van der Waals surface area contributed by atoms with Gasteiger partial charge in [-0.25, -0.2) is 4.39 Å². The normalized spacial score (nSPS) is 23.6. The largest absolute Gasteiger partial charge is 0.393 e. The van der Waals surface area contributed by atoms with Crippen molar-refractivity contribution in [3.8, 4) is 6.07 Å². The van der Waals surface area contributed by atoms with Gasteiger partial charge in [-0.05, 0) is 36.6 Å². The fourth-order valence-corrected chi connectivity index (χ4v) is 1.83. The van der Waals surface area contributed by atoms with E-state index in [9.17, 15) is 4.39 Å². The van der Waals surface area contributed by atoms with Gasteiger partial charge in [-0.3, -0.25) is 0 Å². The van der Waals surface area contributed by atoms with Gasteiger partial charge < -0.3 is 10.4 Å². The maximum absolute atomic E-state index is 13.1. The Kier molecular flexibility index (Phi) is 3.18. The van der Waals surface area contributed by atoms with Crippen LogP contribution in [0, 0.1) is 17.1 Å². The third-order valence-electron chi connectivity index (χ3n) is 2.79. The Bertz CT molecular complexity index is 422. The van der Waals surface area contributed by atoms with Crippen LogP contribution in [0.3, 0.4) is 0 Å². The first-order valence-corrected chi connectivity index (χ1v) is 5.28. The molecule has 0 aromatic heterocycles. The number of hydrogen-bond acceptors (Lipinski definition) is 3. The summed E-state index contributed by atoms with van der Waals surface area (Å²) in [4.78, 5) is 0. The summed E-state index contributed by atoms with van der Waals surface area (Å²) in [6, 6.07) is 6.54. The number of halogens is 1. The molecule has 1 aliphatic rings. The Morgan fingerprint density at radius 2 is 2.19 bits per heavy atom. The first kappa shape index (κ1) is 11.1. The zero-order valence-corrected chi connectivity index (χ0v) is 8.78. The average molecular weight is 220 g/mol. The number of nitrogens with zero attached hydrogens (tertiary/aromatic N) is 1. The predicted octanol–water partition coefficient (Wildman–Crippen LogP) is 1.31. The van der Waals surface area contributed by atoms with E-state index in [-0.39, 0.29) is 11.9 Å². The highest BCUT2D eigenvalue weighted by atomic mass is 19.1. The summed E-state index contributed by atoms with van der Waals surface area (Å²) >= 11 is 0. The summed E-state index contributed by atoms with van der Waals surface area (Å²) in [6.45, 7) is 0.532. The van der Waals surface area contributed by atoms with Crippen LogP contribution in [0.15, 0.2) is 18.2 Å². The molecule has 2 rings (SSSR count). The lowest BCUT2D eigenvalue weighted by Gasteiger charge is -2.32. The van der Waals surface area contributed by atoms with Crippen LogP contribution < -0.4 is 5.32 Å². The van der Waals surface area contributed by atoms with Crippen LogP contribution in [0.2, 0.25) is 0 Å². The van der Waals surface area contributed by atoms with E-state index in [1.54, 1.807) is 6.07 Å². The fourth-order valence-electron chi connectivity index (χ4n) is 1.83. The highest BCUT2D eigenvalue weighted by molar-refractivity contribution is 5.33. The average Bonchev–Trinajstić information content (AvgIpc) is 2.22. The number of hydrogen-bond donors (Lipinski definition) is 2. The molecule has 4 heteroatoms. The minimum Gasteiger partial charge on any atom is -0.393 e. The molecule has 0 amide bonds. The van der Waals surface area contributed by atoms with Gasteiger partial charge in [0.2, 0.25) is 0 Å². The van der Waals surface area contributed by atoms with Crippen LogP contribution in [-0.4, -0.2) is 17.3 Å². The lowest BCUT2D eigenvalue weighted by Crippen LogP contribution is -2.43. The molecule has 0 unspecified atom stereocenters. The lowest BCUT2D eigenvalue weighted by molar-refractivity contribution is 0.0619. The third kappa shape index (κ3) is 2.57. The lowest BCUT2D eigenvalue weighted by atomic mass is 9.89. The molecular formula is C12H13FN2O. The van der Waals surface area contributed by atoms with Crippen molar-refractivity contribution in [2.45, 2.75) is 31.5 Å². The third-order valence-corrected chi connectivity index (χ3v) is 2.79. The molecule has 0 saturated heterocycles. The van der Waals surface area contributed by atoms with E-state index in [0.717, 1.165) is 18.4 Å². The first-order valence-electron chi connectivity index (χ1n) is 5.28.